The average molecular weight is 188 g/mol. The summed E-state index contributed by atoms with van der Waals surface area (Å²) in [6, 6.07) is 0.798. The molecule has 0 bridgehead atoms. The fourth-order valence-corrected chi connectivity index (χ4v) is 2.03. The monoisotopic (exact) mass is 188 g/mol. The van der Waals surface area contributed by atoms with Crippen LogP contribution in [-0.4, -0.2) is 49.6 Å². The molecule has 0 spiro atoms. The van der Waals surface area contributed by atoms with Crippen LogP contribution < -0.4 is 5.32 Å². The van der Waals surface area contributed by atoms with E-state index in [4.69, 9.17) is 0 Å². The van der Waals surface area contributed by atoms with Gasteiger partial charge in [-0.2, -0.15) is 11.8 Å². The second-order valence-electron chi connectivity index (χ2n) is 3.47. The first-order valence-corrected chi connectivity index (χ1v) is 6.14. The Morgan fingerprint density at radius 1 is 1.58 bits per heavy atom. The van der Waals surface area contributed by atoms with Crippen molar-refractivity contribution in [1.82, 2.24) is 10.2 Å². The number of nitrogens with one attached hydrogen (secondary N) is 1. The first kappa shape index (κ1) is 10.4. The molecule has 2 nitrogen and oxygen atoms in total. The minimum absolute atomic E-state index is 0.798. The predicted octanol–water partition coefficient (Wildman–Crippen LogP) is 1.03. The number of likely N-dealkylation sites (tertiary alicyclic amines) is 1. The molecule has 1 saturated heterocycles. The van der Waals surface area contributed by atoms with Crippen molar-refractivity contribution in [3.05, 3.63) is 0 Å². The van der Waals surface area contributed by atoms with E-state index in [0.717, 1.165) is 12.6 Å². The van der Waals surface area contributed by atoms with Crippen molar-refractivity contribution in [3.8, 4) is 0 Å². The number of nitrogens with zero attached hydrogens (tertiary/aromatic N) is 1. The number of hydrogen-bond acceptors (Lipinski definition) is 3. The molecule has 0 aromatic carbocycles. The van der Waals surface area contributed by atoms with E-state index >= 15 is 0 Å². The first-order valence-electron chi connectivity index (χ1n) is 4.74. The van der Waals surface area contributed by atoms with Crippen molar-refractivity contribution >= 4 is 11.8 Å². The number of hydrogen-bond donors (Lipinski definition) is 1. The maximum Gasteiger partial charge on any atom is 0.0218 e. The summed E-state index contributed by atoms with van der Waals surface area (Å²) in [5.41, 5.74) is 0. The van der Waals surface area contributed by atoms with Gasteiger partial charge in [0.05, 0.1) is 0 Å². The van der Waals surface area contributed by atoms with Gasteiger partial charge in [0.25, 0.3) is 0 Å². The van der Waals surface area contributed by atoms with Crippen LogP contribution in [0.4, 0.5) is 0 Å². The number of likely N-dealkylation sites (N-methyl/N-ethyl adjacent to an activating group) is 1. The lowest BCUT2D eigenvalue weighted by Gasteiger charge is -2.19. The smallest absolute Gasteiger partial charge is 0.0218 e. The lowest BCUT2D eigenvalue weighted by molar-refractivity contribution is 0.302. The van der Waals surface area contributed by atoms with Crippen LogP contribution in [0, 0.1) is 0 Å². The SMILES string of the molecule is CSCCNCC1CCCN1C. The molecule has 72 valence electrons. The third kappa shape index (κ3) is 3.33. The van der Waals surface area contributed by atoms with Gasteiger partial charge in [-0.05, 0) is 32.7 Å². The molecule has 0 radical (unpaired) electrons. The lowest BCUT2D eigenvalue weighted by Crippen LogP contribution is -2.36. The molecule has 0 amide bonds. The highest BCUT2D eigenvalue weighted by Gasteiger charge is 2.19. The molecular formula is C9H20N2S. The van der Waals surface area contributed by atoms with E-state index in [2.05, 4.69) is 23.5 Å². The molecule has 0 saturated carbocycles. The molecular weight excluding hydrogens is 168 g/mol. The van der Waals surface area contributed by atoms with Crippen molar-refractivity contribution < 1.29 is 0 Å². The predicted molar refractivity (Wildman–Crippen MR) is 56.9 cm³/mol. The van der Waals surface area contributed by atoms with Gasteiger partial charge in [-0.15, -0.1) is 0 Å². The topological polar surface area (TPSA) is 15.3 Å². The number of rotatable bonds is 5. The fraction of sp³-hybridized carbons (Fsp3) is 1.00. The van der Waals surface area contributed by atoms with Crippen LogP contribution in [0.15, 0.2) is 0 Å². The molecule has 1 heterocycles. The quantitative estimate of drug-likeness (QED) is 0.649. The zero-order valence-electron chi connectivity index (χ0n) is 8.18. The normalized spacial score (nSPS) is 25.0. The van der Waals surface area contributed by atoms with Gasteiger partial charge < -0.3 is 10.2 Å². The minimum Gasteiger partial charge on any atom is -0.314 e. The highest BCUT2D eigenvalue weighted by molar-refractivity contribution is 7.98. The molecule has 1 atom stereocenters. The van der Waals surface area contributed by atoms with Gasteiger partial charge in [-0.25, -0.2) is 0 Å². The summed E-state index contributed by atoms with van der Waals surface area (Å²) in [4.78, 5) is 2.46. The van der Waals surface area contributed by atoms with Crippen LogP contribution in [0.5, 0.6) is 0 Å². The molecule has 0 aliphatic carbocycles. The van der Waals surface area contributed by atoms with E-state index in [-0.39, 0.29) is 0 Å². The zero-order chi connectivity index (χ0) is 8.81. The van der Waals surface area contributed by atoms with Gasteiger partial charge in [-0.3, -0.25) is 0 Å². The molecule has 1 N–H and O–H groups in total. The summed E-state index contributed by atoms with van der Waals surface area (Å²) < 4.78 is 0. The largest absolute Gasteiger partial charge is 0.314 e. The van der Waals surface area contributed by atoms with E-state index in [0.29, 0.717) is 0 Å². The second-order valence-corrected chi connectivity index (χ2v) is 4.46. The Bertz CT molecular complexity index is 119. The Labute approximate surface area is 80.1 Å². The molecule has 3 heteroatoms. The molecule has 1 aliphatic heterocycles. The minimum atomic E-state index is 0.798. The molecule has 1 unspecified atom stereocenters. The van der Waals surface area contributed by atoms with Crippen molar-refractivity contribution in [3.63, 3.8) is 0 Å². The molecule has 1 fully saturated rings. The summed E-state index contributed by atoms with van der Waals surface area (Å²) >= 11 is 1.91. The van der Waals surface area contributed by atoms with Crippen LogP contribution in [0.25, 0.3) is 0 Å². The van der Waals surface area contributed by atoms with E-state index in [1.165, 1.54) is 31.7 Å². The molecule has 0 aromatic rings. The maximum atomic E-state index is 3.50. The molecule has 1 rings (SSSR count). The third-order valence-electron chi connectivity index (χ3n) is 2.53. The Hall–Kier alpha value is 0.270. The van der Waals surface area contributed by atoms with Gasteiger partial charge in [0, 0.05) is 24.9 Å². The van der Waals surface area contributed by atoms with E-state index < -0.39 is 0 Å². The van der Waals surface area contributed by atoms with Gasteiger partial charge in [0.2, 0.25) is 0 Å². The Balaban J connectivity index is 1.98. The Kier molecular flexibility index (Phi) is 5.04. The zero-order valence-corrected chi connectivity index (χ0v) is 8.99. The van der Waals surface area contributed by atoms with Crippen molar-refractivity contribution in [2.75, 3.05) is 38.7 Å². The van der Waals surface area contributed by atoms with E-state index in [1.807, 2.05) is 11.8 Å². The Morgan fingerprint density at radius 3 is 3.00 bits per heavy atom. The first-order chi connectivity index (χ1) is 5.84. The fourth-order valence-electron chi connectivity index (χ4n) is 1.68. The second kappa shape index (κ2) is 5.84. The van der Waals surface area contributed by atoms with Gasteiger partial charge in [0.15, 0.2) is 0 Å². The van der Waals surface area contributed by atoms with Crippen LogP contribution in [0.2, 0.25) is 0 Å². The average Bonchev–Trinajstić information content (AvgIpc) is 2.46. The number of thioether (sulfide) groups is 1. The van der Waals surface area contributed by atoms with Gasteiger partial charge in [-0.1, -0.05) is 0 Å². The van der Waals surface area contributed by atoms with Crippen LogP contribution in [-0.2, 0) is 0 Å². The standard InChI is InChI=1S/C9H20N2S/c1-11-6-3-4-9(11)8-10-5-7-12-2/h9-10H,3-8H2,1-2H3. The Morgan fingerprint density at radius 2 is 2.42 bits per heavy atom. The highest BCUT2D eigenvalue weighted by atomic mass is 32.2. The van der Waals surface area contributed by atoms with Crippen molar-refractivity contribution in [1.29, 1.82) is 0 Å². The highest BCUT2D eigenvalue weighted by Crippen LogP contribution is 2.13. The van der Waals surface area contributed by atoms with Crippen LogP contribution >= 0.6 is 11.8 Å². The lowest BCUT2D eigenvalue weighted by atomic mass is 10.2. The summed E-state index contributed by atoms with van der Waals surface area (Å²) in [7, 11) is 2.23. The molecule has 12 heavy (non-hydrogen) atoms. The van der Waals surface area contributed by atoms with Crippen LogP contribution in [0.1, 0.15) is 12.8 Å². The summed E-state index contributed by atoms with van der Waals surface area (Å²) in [5, 5.41) is 3.50. The third-order valence-corrected chi connectivity index (χ3v) is 3.15. The molecule has 1 aliphatic rings. The van der Waals surface area contributed by atoms with E-state index in [9.17, 15) is 0 Å². The summed E-state index contributed by atoms with van der Waals surface area (Å²) in [6.45, 7) is 3.62. The maximum absolute atomic E-state index is 3.50. The van der Waals surface area contributed by atoms with E-state index in [1.54, 1.807) is 0 Å². The van der Waals surface area contributed by atoms with Crippen molar-refractivity contribution in [2.45, 2.75) is 18.9 Å². The van der Waals surface area contributed by atoms with Gasteiger partial charge in [0.1, 0.15) is 0 Å². The summed E-state index contributed by atoms with van der Waals surface area (Å²) in [6.07, 6.45) is 4.91. The van der Waals surface area contributed by atoms with Gasteiger partial charge >= 0.3 is 0 Å². The van der Waals surface area contributed by atoms with Crippen molar-refractivity contribution in [2.24, 2.45) is 0 Å². The summed E-state index contributed by atoms with van der Waals surface area (Å²) in [5.74, 6) is 1.23. The molecule has 0 aromatic heterocycles. The van der Waals surface area contributed by atoms with Crippen LogP contribution in [0.3, 0.4) is 0 Å².